The summed E-state index contributed by atoms with van der Waals surface area (Å²) >= 11 is 0. The maximum atomic E-state index is 12.4. The van der Waals surface area contributed by atoms with Crippen LogP contribution in [0.1, 0.15) is 17.1 Å². The summed E-state index contributed by atoms with van der Waals surface area (Å²) in [5.41, 5.74) is 2.84. The number of aromatic nitrogens is 5. The predicted octanol–water partition coefficient (Wildman–Crippen LogP) is 2.06. The second-order valence-electron chi connectivity index (χ2n) is 6.83. The Kier molecular flexibility index (Phi) is 4.31. The average Bonchev–Trinajstić information content (AvgIpc) is 2.92. The van der Waals surface area contributed by atoms with Gasteiger partial charge in [0, 0.05) is 30.5 Å². The zero-order valence-electron chi connectivity index (χ0n) is 15.5. The van der Waals surface area contributed by atoms with Gasteiger partial charge in [-0.1, -0.05) is 6.07 Å². The molecule has 4 heterocycles. The van der Waals surface area contributed by atoms with Gasteiger partial charge in [-0.3, -0.25) is 4.79 Å². The van der Waals surface area contributed by atoms with Crippen molar-refractivity contribution in [2.24, 2.45) is 5.92 Å². The Labute approximate surface area is 157 Å². The average molecular weight is 363 g/mol. The molecule has 8 nitrogen and oxygen atoms in total. The van der Waals surface area contributed by atoms with Crippen molar-refractivity contribution >= 4 is 17.5 Å². The fourth-order valence-electron chi connectivity index (χ4n) is 3.16. The highest BCUT2D eigenvalue weighted by atomic mass is 16.2. The normalized spacial score (nSPS) is 14.1. The number of aryl methyl sites for hydroxylation is 3. The summed E-state index contributed by atoms with van der Waals surface area (Å²) < 4.78 is 1.80. The second-order valence-corrected chi connectivity index (χ2v) is 6.83. The zero-order valence-corrected chi connectivity index (χ0v) is 15.5. The molecule has 27 heavy (non-hydrogen) atoms. The van der Waals surface area contributed by atoms with Crippen molar-refractivity contribution in [2.75, 3.05) is 23.3 Å². The lowest BCUT2D eigenvalue weighted by atomic mass is 9.99. The molecule has 0 atom stereocenters. The third kappa shape index (κ3) is 3.51. The SMILES string of the molecule is Cc1cccc(NC(=O)C2CN(c3cc(-n4nc(C)cc4C)ncn3)C2)n1. The van der Waals surface area contributed by atoms with Gasteiger partial charge in [0.25, 0.3) is 0 Å². The summed E-state index contributed by atoms with van der Waals surface area (Å²) in [6.45, 7) is 7.07. The molecule has 0 unspecified atom stereocenters. The first-order valence-corrected chi connectivity index (χ1v) is 8.85. The van der Waals surface area contributed by atoms with Gasteiger partial charge in [0.05, 0.1) is 11.6 Å². The highest BCUT2D eigenvalue weighted by molar-refractivity contribution is 5.93. The molecule has 3 aromatic heterocycles. The number of rotatable bonds is 4. The molecule has 0 bridgehead atoms. The molecular formula is C19H21N7O. The fourth-order valence-corrected chi connectivity index (χ4v) is 3.16. The first-order valence-electron chi connectivity index (χ1n) is 8.85. The Morgan fingerprint density at radius 3 is 2.56 bits per heavy atom. The van der Waals surface area contributed by atoms with Gasteiger partial charge in [-0.05, 0) is 39.0 Å². The van der Waals surface area contributed by atoms with Crippen LogP contribution in [-0.2, 0) is 4.79 Å². The second kappa shape index (κ2) is 6.79. The van der Waals surface area contributed by atoms with E-state index in [0.717, 1.165) is 28.7 Å². The van der Waals surface area contributed by atoms with Crippen LogP contribution < -0.4 is 10.2 Å². The molecule has 0 radical (unpaired) electrons. The molecule has 1 aliphatic heterocycles. The number of nitrogens with one attached hydrogen (secondary N) is 1. The Bertz CT molecular complexity index is 991. The number of amides is 1. The minimum atomic E-state index is -0.0839. The van der Waals surface area contributed by atoms with E-state index in [-0.39, 0.29) is 11.8 Å². The molecule has 138 valence electrons. The molecule has 8 heteroatoms. The highest BCUT2D eigenvalue weighted by Gasteiger charge is 2.34. The molecule has 0 aliphatic carbocycles. The summed E-state index contributed by atoms with van der Waals surface area (Å²) in [4.78, 5) is 27.4. The van der Waals surface area contributed by atoms with Crippen molar-refractivity contribution in [3.8, 4) is 5.82 Å². The Balaban J connectivity index is 1.41. The van der Waals surface area contributed by atoms with Gasteiger partial charge in [0.15, 0.2) is 5.82 Å². The van der Waals surface area contributed by atoms with E-state index < -0.39 is 0 Å². The monoisotopic (exact) mass is 363 g/mol. The smallest absolute Gasteiger partial charge is 0.232 e. The Hall–Kier alpha value is -3.29. The lowest BCUT2D eigenvalue weighted by molar-refractivity contribution is -0.120. The van der Waals surface area contributed by atoms with Gasteiger partial charge in [0.2, 0.25) is 5.91 Å². The lowest BCUT2D eigenvalue weighted by Crippen LogP contribution is -2.52. The summed E-state index contributed by atoms with van der Waals surface area (Å²) in [6, 6.07) is 9.48. The summed E-state index contributed by atoms with van der Waals surface area (Å²) in [5.74, 6) is 2.01. The van der Waals surface area contributed by atoms with Crippen LogP contribution in [0.3, 0.4) is 0 Å². The number of nitrogens with zero attached hydrogens (tertiary/aromatic N) is 6. The number of carbonyl (C=O) groups excluding carboxylic acids is 1. The fraction of sp³-hybridized carbons (Fsp3) is 0.316. The maximum absolute atomic E-state index is 12.4. The van der Waals surface area contributed by atoms with Crippen molar-refractivity contribution in [1.29, 1.82) is 0 Å². The van der Waals surface area contributed by atoms with E-state index in [1.807, 2.05) is 45.0 Å². The van der Waals surface area contributed by atoms with Gasteiger partial charge in [-0.2, -0.15) is 5.10 Å². The quantitative estimate of drug-likeness (QED) is 0.763. The number of pyridine rings is 1. The van der Waals surface area contributed by atoms with Crippen LogP contribution in [0.4, 0.5) is 11.6 Å². The number of hydrogen-bond acceptors (Lipinski definition) is 6. The van der Waals surface area contributed by atoms with E-state index in [4.69, 9.17) is 0 Å². The van der Waals surface area contributed by atoms with Crippen LogP contribution >= 0.6 is 0 Å². The van der Waals surface area contributed by atoms with Crippen molar-refractivity contribution in [1.82, 2.24) is 24.7 Å². The van der Waals surface area contributed by atoms with Crippen molar-refractivity contribution < 1.29 is 4.79 Å². The van der Waals surface area contributed by atoms with Crippen molar-refractivity contribution in [3.05, 3.63) is 53.7 Å². The number of carbonyl (C=O) groups is 1. The van der Waals surface area contributed by atoms with Crippen LogP contribution in [0.15, 0.2) is 36.7 Å². The molecular weight excluding hydrogens is 342 g/mol. The number of hydrogen-bond donors (Lipinski definition) is 1. The van der Waals surface area contributed by atoms with Crippen LogP contribution in [0.5, 0.6) is 0 Å². The number of anilines is 2. The summed E-state index contributed by atoms with van der Waals surface area (Å²) in [7, 11) is 0. The lowest BCUT2D eigenvalue weighted by Gasteiger charge is -2.39. The van der Waals surface area contributed by atoms with Gasteiger partial charge >= 0.3 is 0 Å². The molecule has 1 aliphatic rings. The van der Waals surface area contributed by atoms with Crippen LogP contribution in [0.2, 0.25) is 0 Å². The van der Waals surface area contributed by atoms with E-state index in [1.165, 1.54) is 6.33 Å². The predicted molar refractivity (Wildman–Crippen MR) is 102 cm³/mol. The molecule has 1 saturated heterocycles. The third-order valence-electron chi connectivity index (χ3n) is 4.58. The van der Waals surface area contributed by atoms with E-state index in [9.17, 15) is 4.79 Å². The first kappa shape index (κ1) is 17.1. The standard InChI is InChI=1S/C19H21N7O/c1-12-5-4-6-16(22-12)23-19(27)15-9-25(10-15)17-8-18(21-11-20-17)26-14(3)7-13(2)24-26/h4-8,11,15H,9-10H2,1-3H3,(H,22,23,27). The van der Waals surface area contributed by atoms with E-state index in [1.54, 1.807) is 10.7 Å². The first-order chi connectivity index (χ1) is 13.0. The van der Waals surface area contributed by atoms with E-state index in [0.29, 0.717) is 18.9 Å². The molecule has 4 rings (SSSR count). The third-order valence-corrected chi connectivity index (χ3v) is 4.58. The van der Waals surface area contributed by atoms with Crippen LogP contribution in [0, 0.1) is 26.7 Å². The largest absolute Gasteiger partial charge is 0.355 e. The molecule has 0 saturated carbocycles. The molecule has 1 fully saturated rings. The van der Waals surface area contributed by atoms with E-state index >= 15 is 0 Å². The van der Waals surface area contributed by atoms with Crippen LogP contribution in [-0.4, -0.2) is 43.7 Å². The Morgan fingerprint density at radius 2 is 1.85 bits per heavy atom. The van der Waals surface area contributed by atoms with Gasteiger partial charge < -0.3 is 10.2 Å². The maximum Gasteiger partial charge on any atom is 0.232 e. The van der Waals surface area contributed by atoms with Crippen LogP contribution in [0.25, 0.3) is 5.82 Å². The van der Waals surface area contributed by atoms with Crippen molar-refractivity contribution in [2.45, 2.75) is 20.8 Å². The molecule has 3 aromatic rings. The summed E-state index contributed by atoms with van der Waals surface area (Å²) in [6.07, 6.45) is 1.53. The minimum absolute atomic E-state index is 0.0165. The molecule has 0 spiro atoms. The molecule has 1 amide bonds. The van der Waals surface area contributed by atoms with Crippen molar-refractivity contribution in [3.63, 3.8) is 0 Å². The molecule has 1 N–H and O–H groups in total. The minimum Gasteiger partial charge on any atom is -0.355 e. The zero-order chi connectivity index (χ0) is 19.0. The highest BCUT2D eigenvalue weighted by Crippen LogP contribution is 2.25. The Morgan fingerprint density at radius 1 is 1.07 bits per heavy atom. The van der Waals surface area contributed by atoms with Gasteiger partial charge in [0.1, 0.15) is 18.0 Å². The van der Waals surface area contributed by atoms with Gasteiger partial charge in [-0.25, -0.2) is 19.6 Å². The van der Waals surface area contributed by atoms with Gasteiger partial charge in [-0.15, -0.1) is 0 Å². The molecule has 0 aromatic carbocycles. The summed E-state index contributed by atoms with van der Waals surface area (Å²) in [5, 5.41) is 7.34. The van der Waals surface area contributed by atoms with E-state index in [2.05, 4.69) is 30.3 Å². The topological polar surface area (TPSA) is 88.8 Å².